The van der Waals surface area contributed by atoms with Crippen molar-refractivity contribution in [2.45, 2.75) is 20.3 Å². The zero-order valence-corrected chi connectivity index (χ0v) is 14.4. The number of rotatable bonds is 5. The van der Waals surface area contributed by atoms with Crippen LogP contribution in [0.5, 0.6) is 5.75 Å². The van der Waals surface area contributed by atoms with Crippen LogP contribution in [-0.2, 0) is 0 Å². The molecule has 1 amide bonds. The van der Waals surface area contributed by atoms with Crippen molar-refractivity contribution >= 4 is 38.4 Å². The van der Waals surface area contributed by atoms with Crippen molar-refractivity contribution in [3.8, 4) is 5.75 Å². The van der Waals surface area contributed by atoms with E-state index < -0.39 is 0 Å². The molecule has 120 valence electrons. The van der Waals surface area contributed by atoms with E-state index in [0.29, 0.717) is 17.3 Å². The third-order valence-electron chi connectivity index (χ3n) is 3.74. The van der Waals surface area contributed by atoms with Crippen molar-refractivity contribution in [3.05, 3.63) is 35.2 Å². The fourth-order valence-corrected chi connectivity index (χ4v) is 3.35. The minimum Gasteiger partial charge on any atom is -0.497 e. The first kappa shape index (κ1) is 15.7. The number of amides is 1. The Morgan fingerprint density at radius 2 is 2.09 bits per heavy atom. The van der Waals surface area contributed by atoms with Gasteiger partial charge in [-0.05, 0) is 42.7 Å². The monoisotopic (exact) mass is 328 g/mol. The first-order valence-corrected chi connectivity index (χ1v) is 8.55. The lowest BCUT2D eigenvalue weighted by Gasteiger charge is -2.05. The van der Waals surface area contributed by atoms with Crippen LogP contribution >= 0.6 is 11.3 Å². The Kier molecular flexibility index (Phi) is 4.48. The molecule has 2 aromatic heterocycles. The Morgan fingerprint density at radius 1 is 1.26 bits per heavy atom. The Bertz CT molecular complexity index is 855. The summed E-state index contributed by atoms with van der Waals surface area (Å²) < 4.78 is 5.25. The molecule has 0 fully saturated rings. The van der Waals surface area contributed by atoms with E-state index in [4.69, 9.17) is 4.74 Å². The molecule has 0 aliphatic carbocycles. The SMILES string of the molecule is COc1ccc2nc3sc(C(=O)NCCC(C)C)cc3cc2c1. The maximum atomic E-state index is 12.2. The summed E-state index contributed by atoms with van der Waals surface area (Å²) >= 11 is 1.43. The second-order valence-corrected chi connectivity index (χ2v) is 7.02. The molecule has 0 atom stereocenters. The number of hydrogen-bond donors (Lipinski definition) is 1. The predicted molar refractivity (Wildman–Crippen MR) is 95.5 cm³/mol. The molecule has 3 aromatic rings. The zero-order chi connectivity index (χ0) is 16.4. The highest BCUT2D eigenvalue weighted by Gasteiger charge is 2.12. The van der Waals surface area contributed by atoms with Crippen LogP contribution in [-0.4, -0.2) is 24.5 Å². The topological polar surface area (TPSA) is 51.2 Å². The number of hydrogen-bond acceptors (Lipinski definition) is 4. The highest BCUT2D eigenvalue weighted by atomic mass is 32.1. The molecule has 3 rings (SSSR count). The van der Waals surface area contributed by atoms with Crippen molar-refractivity contribution < 1.29 is 9.53 Å². The molecule has 2 heterocycles. The number of pyridine rings is 1. The molecule has 4 nitrogen and oxygen atoms in total. The summed E-state index contributed by atoms with van der Waals surface area (Å²) in [5, 5.41) is 4.98. The third kappa shape index (κ3) is 3.45. The quantitative estimate of drug-likeness (QED) is 0.762. The summed E-state index contributed by atoms with van der Waals surface area (Å²) in [5.74, 6) is 1.37. The zero-order valence-electron chi connectivity index (χ0n) is 13.6. The smallest absolute Gasteiger partial charge is 0.261 e. The number of fused-ring (bicyclic) bond motifs is 2. The second kappa shape index (κ2) is 6.54. The number of carbonyl (C=O) groups is 1. The molecule has 0 aliphatic rings. The first-order valence-electron chi connectivity index (χ1n) is 7.73. The van der Waals surface area contributed by atoms with E-state index in [9.17, 15) is 4.79 Å². The Morgan fingerprint density at radius 3 is 2.83 bits per heavy atom. The Balaban J connectivity index is 1.88. The molecule has 0 spiro atoms. The standard InChI is InChI=1S/C18H20N2O2S/c1-11(2)6-7-19-17(21)16-10-13-8-12-9-14(22-3)4-5-15(12)20-18(13)23-16/h4-5,8-11H,6-7H2,1-3H3,(H,19,21). The van der Waals surface area contributed by atoms with Gasteiger partial charge in [0.2, 0.25) is 0 Å². The van der Waals surface area contributed by atoms with Crippen LogP contribution in [0, 0.1) is 5.92 Å². The molecule has 0 unspecified atom stereocenters. The van der Waals surface area contributed by atoms with E-state index in [1.807, 2.05) is 24.3 Å². The molecule has 1 aromatic carbocycles. The highest BCUT2D eigenvalue weighted by molar-refractivity contribution is 7.20. The van der Waals surface area contributed by atoms with Crippen molar-refractivity contribution in [2.24, 2.45) is 5.92 Å². The summed E-state index contributed by atoms with van der Waals surface area (Å²) in [7, 11) is 1.65. The second-order valence-electron chi connectivity index (χ2n) is 5.99. The molecule has 0 saturated heterocycles. The van der Waals surface area contributed by atoms with Gasteiger partial charge in [0.15, 0.2) is 0 Å². The van der Waals surface area contributed by atoms with Crippen molar-refractivity contribution in [1.29, 1.82) is 0 Å². The van der Waals surface area contributed by atoms with E-state index >= 15 is 0 Å². The lowest BCUT2D eigenvalue weighted by Crippen LogP contribution is -2.24. The fraction of sp³-hybridized carbons (Fsp3) is 0.333. The molecule has 0 aliphatic heterocycles. The van der Waals surface area contributed by atoms with Crippen LogP contribution in [0.2, 0.25) is 0 Å². The summed E-state index contributed by atoms with van der Waals surface area (Å²) in [6.07, 6.45) is 0.985. The van der Waals surface area contributed by atoms with E-state index in [2.05, 4.69) is 30.2 Å². The number of aromatic nitrogens is 1. The van der Waals surface area contributed by atoms with Gasteiger partial charge >= 0.3 is 0 Å². The third-order valence-corrected chi connectivity index (χ3v) is 4.78. The number of ether oxygens (including phenoxy) is 1. The number of methoxy groups -OCH3 is 1. The van der Waals surface area contributed by atoms with Gasteiger partial charge in [0.25, 0.3) is 5.91 Å². The predicted octanol–water partition coefficient (Wildman–Crippen LogP) is 4.23. The molecule has 0 saturated carbocycles. The maximum absolute atomic E-state index is 12.2. The summed E-state index contributed by atoms with van der Waals surface area (Å²) in [5.41, 5.74) is 0.909. The lowest BCUT2D eigenvalue weighted by molar-refractivity contribution is 0.0956. The number of benzene rings is 1. The van der Waals surface area contributed by atoms with Crippen LogP contribution in [0.3, 0.4) is 0 Å². The molecule has 0 radical (unpaired) electrons. The molecule has 5 heteroatoms. The molecule has 23 heavy (non-hydrogen) atoms. The van der Waals surface area contributed by atoms with Gasteiger partial charge in [0.1, 0.15) is 10.6 Å². The van der Waals surface area contributed by atoms with Gasteiger partial charge < -0.3 is 10.1 Å². The van der Waals surface area contributed by atoms with Crippen molar-refractivity contribution in [1.82, 2.24) is 10.3 Å². The summed E-state index contributed by atoms with van der Waals surface area (Å²) in [4.78, 5) is 18.5. The van der Waals surface area contributed by atoms with E-state index in [1.54, 1.807) is 7.11 Å². The van der Waals surface area contributed by atoms with Crippen LogP contribution in [0.25, 0.3) is 21.1 Å². The van der Waals surface area contributed by atoms with Crippen LogP contribution in [0.15, 0.2) is 30.3 Å². The van der Waals surface area contributed by atoms with Crippen LogP contribution in [0.4, 0.5) is 0 Å². The van der Waals surface area contributed by atoms with E-state index in [0.717, 1.165) is 33.3 Å². The first-order chi connectivity index (χ1) is 11.1. The normalized spacial score (nSPS) is 11.3. The Labute approximate surface area is 139 Å². The maximum Gasteiger partial charge on any atom is 0.261 e. The van der Waals surface area contributed by atoms with Gasteiger partial charge in [-0.2, -0.15) is 0 Å². The fourth-order valence-electron chi connectivity index (χ4n) is 2.41. The lowest BCUT2D eigenvalue weighted by atomic mass is 10.1. The number of carbonyl (C=O) groups excluding carboxylic acids is 1. The number of nitrogens with one attached hydrogen (secondary N) is 1. The summed E-state index contributed by atoms with van der Waals surface area (Å²) in [6.45, 7) is 5.00. The van der Waals surface area contributed by atoms with Gasteiger partial charge in [-0.1, -0.05) is 13.8 Å². The molecule has 1 N–H and O–H groups in total. The highest BCUT2D eigenvalue weighted by Crippen LogP contribution is 2.29. The van der Waals surface area contributed by atoms with Gasteiger partial charge in [-0.3, -0.25) is 4.79 Å². The number of thiophene rings is 1. The molecular formula is C18H20N2O2S. The molecule has 0 bridgehead atoms. The van der Waals surface area contributed by atoms with Crippen LogP contribution in [0.1, 0.15) is 29.9 Å². The van der Waals surface area contributed by atoms with Crippen molar-refractivity contribution in [3.63, 3.8) is 0 Å². The van der Waals surface area contributed by atoms with Gasteiger partial charge in [0, 0.05) is 17.3 Å². The molecular weight excluding hydrogens is 308 g/mol. The number of nitrogens with zero attached hydrogens (tertiary/aromatic N) is 1. The average molecular weight is 328 g/mol. The Hall–Kier alpha value is -2.14. The van der Waals surface area contributed by atoms with E-state index in [-0.39, 0.29) is 5.91 Å². The summed E-state index contributed by atoms with van der Waals surface area (Å²) in [6, 6.07) is 9.77. The minimum absolute atomic E-state index is 0.0183. The van der Waals surface area contributed by atoms with Crippen LogP contribution < -0.4 is 10.1 Å². The van der Waals surface area contributed by atoms with E-state index in [1.165, 1.54) is 11.3 Å². The minimum atomic E-state index is -0.0183. The van der Waals surface area contributed by atoms with Gasteiger partial charge in [-0.25, -0.2) is 4.98 Å². The van der Waals surface area contributed by atoms with Crippen molar-refractivity contribution in [2.75, 3.05) is 13.7 Å². The average Bonchev–Trinajstić information content (AvgIpc) is 2.94. The van der Waals surface area contributed by atoms with Gasteiger partial charge in [-0.15, -0.1) is 11.3 Å². The largest absolute Gasteiger partial charge is 0.497 e. The van der Waals surface area contributed by atoms with Gasteiger partial charge in [0.05, 0.1) is 17.5 Å².